The van der Waals surface area contributed by atoms with Gasteiger partial charge in [-0.2, -0.15) is 0 Å². The highest BCUT2D eigenvalue weighted by Crippen LogP contribution is 2.37. The highest BCUT2D eigenvalue weighted by molar-refractivity contribution is 8.14. The van der Waals surface area contributed by atoms with E-state index < -0.39 is 0 Å². The molecule has 1 heterocycles. The van der Waals surface area contributed by atoms with Crippen LogP contribution in [-0.4, -0.2) is 22.9 Å². The van der Waals surface area contributed by atoms with Gasteiger partial charge in [0.05, 0.1) is 17.1 Å². The predicted molar refractivity (Wildman–Crippen MR) is 111 cm³/mol. The van der Waals surface area contributed by atoms with Crippen LogP contribution >= 0.6 is 11.8 Å². The molecule has 26 heavy (non-hydrogen) atoms. The number of carbonyl (C=O) groups is 1. The molecule has 0 aromatic heterocycles. The number of nitrogens with one attached hydrogen (secondary N) is 2. The van der Waals surface area contributed by atoms with Crippen LogP contribution in [0.5, 0.6) is 0 Å². The minimum atomic E-state index is 0.0996. The van der Waals surface area contributed by atoms with E-state index in [1.54, 1.807) is 0 Å². The Morgan fingerprint density at radius 1 is 1.23 bits per heavy atom. The van der Waals surface area contributed by atoms with Crippen molar-refractivity contribution < 1.29 is 4.79 Å². The number of rotatable bonds is 3. The SMILES string of the molecule is C[C@@H]1[C@@H](C)CCC[C@H]1NC(=O)CSC1=Nc2cccc3cccc(c23)N1. The minimum absolute atomic E-state index is 0.0996. The van der Waals surface area contributed by atoms with Crippen LogP contribution in [0.25, 0.3) is 10.8 Å². The summed E-state index contributed by atoms with van der Waals surface area (Å²) in [7, 11) is 0. The summed E-state index contributed by atoms with van der Waals surface area (Å²) in [6.45, 7) is 4.54. The number of nitrogens with zero attached hydrogens (tertiary/aromatic N) is 1. The first-order valence-corrected chi connectivity index (χ1v) is 10.4. The average molecular weight is 368 g/mol. The molecule has 0 bridgehead atoms. The summed E-state index contributed by atoms with van der Waals surface area (Å²) in [5, 5.41) is 9.72. The molecule has 1 aliphatic carbocycles. The summed E-state index contributed by atoms with van der Waals surface area (Å²) in [6, 6.07) is 12.7. The van der Waals surface area contributed by atoms with Gasteiger partial charge in [0.15, 0.2) is 5.17 Å². The van der Waals surface area contributed by atoms with Crippen molar-refractivity contribution in [2.45, 2.75) is 39.2 Å². The first-order valence-electron chi connectivity index (χ1n) is 9.41. The van der Waals surface area contributed by atoms with Gasteiger partial charge in [0.25, 0.3) is 0 Å². The van der Waals surface area contributed by atoms with Gasteiger partial charge >= 0.3 is 0 Å². The third-order valence-corrected chi connectivity index (χ3v) is 6.61. The lowest BCUT2D eigenvalue weighted by atomic mass is 9.78. The second-order valence-electron chi connectivity index (χ2n) is 7.45. The molecule has 1 aliphatic heterocycles. The Hall–Kier alpha value is -2.01. The second kappa shape index (κ2) is 7.31. The van der Waals surface area contributed by atoms with E-state index in [9.17, 15) is 4.79 Å². The molecular weight excluding hydrogens is 342 g/mol. The van der Waals surface area contributed by atoms with Crippen molar-refractivity contribution in [3.8, 4) is 0 Å². The number of hydrogen-bond acceptors (Lipinski definition) is 4. The Morgan fingerprint density at radius 3 is 2.88 bits per heavy atom. The molecule has 2 aromatic rings. The lowest BCUT2D eigenvalue weighted by Gasteiger charge is -2.34. The third kappa shape index (κ3) is 3.45. The summed E-state index contributed by atoms with van der Waals surface area (Å²) < 4.78 is 0. The zero-order valence-electron chi connectivity index (χ0n) is 15.3. The van der Waals surface area contributed by atoms with Crippen LogP contribution in [0.15, 0.2) is 41.4 Å². The van der Waals surface area contributed by atoms with E-state index in [-0.39, 0.29) is 5.91 Å². The van der Waals surface area contributed by atoms with Crippen LogP contribution in [0.3, 0.4) is 0 Å². The number of carbonyl (C=O) groups excluding carboxylic acids is 1. The van der Waals surface area contributed by atoms with Crippen molar-refractivity contribution in [3.63, 3.8) is 0 Å². The number of amidine groups is 1. The maximum absolute atomic E-state index is 12.4. The van der Waals surface area contributed by atoms with Gasteiger partial charge < -0.3 is 10.6 Å². The summed E-state index contributed by atoms with van der Waals surface area (Å²) in [6.07, 6.45) is 3.57. The molecule has 4 nitrogen and oxygen atoms in total. The van der Waals surface area contributed by atoms with Crippen molar-refractivity contribution in [3.05, 3.63) is 36.4 Å². The van der Waals surface area contributed by atoms with Gasteiger partial charge in [0.1, 0.15) is 0 Å². The molecule has 2 N–H and O–H groups in total. The number of benzene rings is 2. The third-order valence-electron chi connectivity index (χ3n) is 5.74. The molecule has 1 saturated carbocycles. The number of anilines is 1. The molecule has 1 fully saturated rings. The highest BCUT2D eigenvalue weighted by atomic mass is 32.2. The zero-order valence-corrected chi connectivity index (χ0v) is 16.1. The lowest BCUT2D eigenvalue weighted by molar-refractivity contribution is -0.119. The van der Waals surface area contributed by atoms with Crippen LogP contribution in [-0.2, 0) is 4.79 Å². The van der Waals surface area contributed by atoms with Crippen LogP contribution in [0.1, 0.15) is 33.1 Å². The Morgan fingerprint density at radius 2 is 2.04 bits per heavy atom. The van der Waals surface area contributed by atoms with E-state index in [1.165, 1.54) is 30.0 Å². The summed E-state index contributed by atoms with van der Waals surface area (Å²) >= 11 is 1.47. The van der Waals surface area contributed by atoms with Gasteiger partial charge in [-0.1, -0.05) is 62.7 Å². The van der Waals surface area contributed by atoms with Crippen molar-refractivity contribution in [1.29, 1.82) is 0 Å². The number of amides is 1. The van der Waals surface area contributed by atoms with Gasteiger partial charge in [-0.25, -0.2) is 4.99 Å². The largest absolute Gasteiger partial charge is 0.352 e. The van der Waals surface area contributed by atoms with Crippen molar-refractivity contribution >= 4 is 45.0 Å². The van der Waals surface area contributed by atoms with Crippen LogP contribution in [0.4, 0.5) is 11.4 Å². The molecule has 5 heteroatoms. The van der Waals surface area contributed by atoms with Gasteiger partial charge in [-0.3, -0.25) is 4.79 Å². The van der Waals surface area contributed by atoms with Crippen molar-refractivity contribution in [2.75, 3.05) is 11.1 Å². The maximum atomic E-state index is 12.4. The predicted octanol–water partition coefficient (Wildman–Crippen LogP) is 4.93. The molecule has 0 spiro atoms. The molecule has 0 saturated heterocycles. The van der Waals surface area contributed by atoms with Gasteiger partial charge in [0.2, 0.25) is 5.91 Å². The summed E-state index contributed by atoms with van der Waals surface area (Å²) in [5.74, 6) is 1.72. The average Bonchev–Trinajstić information content (AvgIpc) is 2.64. The number of aliphatic imine (C=N–C) groups is 1. The molecular formula is C21H25N3OS. The fourth-order valence-corrected chi connectivity index (χ4v) is 4.70. The normalized spacial score (nSPS) is 24.7. The molecule has 0 unspecified atom stereocenters. The summed E-state index contributed by atoms with van der Waals surface area (Å²) in [4.78, 5) is 17.1. The van der Waals surface area contributed by atoms with E-state index in [0.29, 0.717) is 23.6 Å². The van der Waals surface area contributed by atoms with Gasteiger partial charge in [-0.05, 0) is 35.8 Å². The topological polar surface area (TPSA) is 53.5 Å². The Kier molecular flexibility index (Phi) is 4.90. The maximum Gasteiger partial charge on any atom is 0.230 e. The minimum Gasteiger partial charge on any atom is -0.352 e. The first kappa shape index (κ1) is 17.4. The second-order valence-corrected chi connectivity index (χ2v) is 8.42. The molecule has 2 aliphatic rings. The molecule has 136 valence electrons. The van der Waals surface area contributed by atoms with E-state index >= 15 is 0 Å². The molecule has 0 radical (unpaired) electrons. The van der Waals surface area contributed by atoms with E-state index in [4.69, 9.17) is 4.99 Å². The number of hydrogen-bond donors (Lipinski definition) is 2. The Balaban J connectivity index is 1.40. The van der Waals surface area contributed by atoms with E-state index in [1.807, 2.05) is 18.2 Å². The molecule has 4 rings (SSSR count). The van der Waals surface area contributed by atoms with Crippen LogP contribution < -0.4 is 10.6 Å². The van der Waals surface area contributed by atoms with Crippen LogP contribution in [0, 0.1) is 11.8 Å². The lowest BCUT2D eigenvalue weighted by Crippen LogP contribution is -2.44. The van der Waals surface area contributed by atoms with Gasteiger partial charge in [0, 0.05) is 11.4 Å². The smallest absolute Gasteiger partial charge is 0.230 e. The zero-order chi connectivity index (χ0) is 18.1. The van der Waals surface area contributed by atoms with E-state index in [0.717, 1.165) is 28.3 Å². The molecule has 1 amide bonds. The van der Waals surface area contributed by atoms with Crippen LogP contribution in [0.2, 0.25) is 0 Å². The highest BCUT2D eigenvalue weighted by Gasteiger charge is 2.28. The quantitative estimate of drug-likeness (QED) is 0.809. The molecule has 3 atom stereocenters. The monoisotopic (exact) mass is 367 g/mol. The number of thioether (sulfide) groups is 1. The fraction of sp³-hybridized carbons (Fsp3) is 0.429. The Labute approximate surface area is 158 Å². The van der Waals surface area contributed by atoms with Gasteiger partial charge in [-0.15, -0.1) is 0 Å². The van der Waals surface area contributed by atoms with Crippen molar-refractivity contribution in [1.82, 2.24) is 5.32 Å². The molecule has 2 aromatic carbocycles. The standard InChI is InChI=1S/C21H25N3OS/c1-13-6-3-9-16(14(13)2)22-19(25)12-26-21-23-17-10-4-7-15-8-5-11-18(24-21)20(15)17/h4-5,7-8,10-11,13-14,16H,3,6,9,12H2,1-2H3,(H,22,25)(H,23,24)/t13-,14+,16+/m0/s1. The summed E-state index contributed by atoms with van der Waals surface area (Å²) in [5.41, 5.74) is 2.03. The first-order chi connectivity index (χ1) is 12.6. The fourth-order valence-electron chi connectivity index (χ4n) is 4.01. The van der Waals surface area contributed by atoms with Crippen molar-refractivity contribution in [2.24, 2.45) is 16.8 Å². The Bertz CT molecular complexity index is 858. The van der Waals surface area contributed by atoms with E-state index in [2.05, 4.69) is 42.7 Å².